The van der Waals surface area contributed by atoms with Crippen molar-refractivity contribution < 1.29 is 0 Å². The quantitative estimate of drug-likeness (QED) is 0.128. The molecule has 13 rings (SSSR count). The van der Waals surface area contributed by atoms with Crippen LogP contribution < -0.4 is 14.7 Å². The maximum absolute atomic E-state index is 2.42. The van der Waals surface area contributed by atoms with Gasteiger partial charge in [-0.15, -0.1) is 22.7 Å². The molecule has 0 spiro atoms. The summed E-state index contributed by atoms with van der Waals surface area (Å²) in [6.45, 7) is 0. The van der Waals surface area contributed by atoms with E-state index < -0.39 is 0 Å². The average Bonchev–Trinajstić information content (AvgIpc) is 4.00. The highest BCUT2D eigenvalue weighted by molar-refractivity contribution is 7.26. The van der Waals surface area contributed by atoms with E-state index >= 15 is 0 Å². The van der Waals surface area contributed by atoms with Crippen LogP contribution >= 0.6 is 22.7 Å². The number of benzene rings is 11. The molecule has 0 atom stereocenters. The minimum atomic E-state index is 1.10. The number of nitrogens with zero attached hydrogens (tertiary/aromatic N) is 3. The Balaban J connectivity index is 0.901. The van der Waals surface area contributed by atoms with Gasteiger partial charge in [-0.3, -0.25) is 0 Å². The maximum atomic E-state index is 2.42. The molecule has 0 bridgehead atoms. The third-order valence-electron chi connectivity index (χ3n) is 13.4. The number of rotatable bonds is 11. The predicted molar refractivity (Wildman–Crippen MR) is 307 cm³/mol. The van der Waals surface area contributed by atoms with Crippen molar-refractivity contribution >= 4 is 114 Å². The Kier molecular flexibility index (Phi) is 10.9. The van der Waals surface area contributed by atoms with E-state index in [2.05, 4.69) is 288 Å². The Bertz CT molecular complexity index is 3930. The van der Waals surface area contributed by atoms with Crippen molar-refractivity contribution in [3.63, 3.8) is 0 Å². The predicted octanol–water partition coefficient (Wildman–Crippen LogP) is 20.2. The Labute approximate surface area is 421 Å². The van der Waals surface area contributed by atoms with E-state index in [4.69, 9.17) is 0 Å². The van der Waals surface area contributed by atoms with E-state index in [-0.39, 0.29) is 0 Å². The lowest BCUT2D eigenvalue weighted by atomic mass is 10.0. The van der Waals surface area contributed by atoms with E-state index in [0.29, 0.717) is 0 Å². The summed E-state index contributed by atoms with van der Waals surface area (Å²) < 4.78 is 5.02. The maximum Gasteiger partial charge on any atom is 0.0476 e. The average molecular weight is 944 g/mol. The summed E-state index contributed by atoms with van der Waals surface area (Å²) in [4.78, 5) is 7.12. The van der Waals surface area contributed by atoms with E-state index in [0.717, 1.165) is 51.2 Å². The molecule has 0 N–H and O–H groups in total. The standard InChI is InChI=1S/C66H45N3S2/c1-6-16-46(17-7-1)48-26-30-53(31-27-48)68(52-24-14-5-15-25-52)56-37-41-64-62(43-56)60-39-35-58(45-66(60)71-64)69(54-32-28-49(29-33-54)47-18-8-2-9-19-47)57-34-38-59-61-42-55(36-40-63(61)70-65(59)44-57)67(50-20-10-3-11-21-50)51-22-12-4-13-23-51/h1-45H. The molecule has 0 radical (unpaired) electrons. The fourth-order valence-electron chi connectivity index (χ4n) is 10.0. The molecule has 3 nitrogen and oxygen atoms in total. The number of fused-ring (bicyclic) bond motifs is 6. The summed E-state index contributed by atoms with van der Waals surface area (Å²) in [7, 11) is 0. The van der Waals surface area contributed by atoms with Gasteiger partial charge in [0.1, 0.15) is 0 Å². The fraction of sp³-hybridized carbons (Fsp3) is 0. The molecule has 5 heteroatoms. The third kappa shape index (κ3) is 8.07. The zero-order valence-corrected chi connectivity index (χ0v) is 40.3. The molecule has 71 heavy (non-hydrogen) atoms. The van der Waals surface area contributed by atoms with E-state index in [1.165, 1.54) is 62.6 Å². The molecule has 2 heterocycles. The summed E-state index contributed by atoms with van der Waals surface area (Å²) in [5.74, 6) is 0. The van der Waals surface area contributed by atoms with Crippen LogP contribution in [0.1, 0.15) is 0 Å². The van der Waals surface area contributed by atoms with Crippen LogP contribution in [0, 0.1) is 0 Å². The smallest absolute Gasteiger partial charge is 0.0476 e. The second-order valence-electron chi connectivity index (χ2n) is 17.8. The molecular weight excluding hydrogens is 899 g/mol. The molecule has 0 aliphatic carbocycles. The van der Waals surface area contributed by atoms with E-state index in [1.807, 2.05) is 22.7 Å². The zero-order valence-electron chi connectivity index (χ0n) is 38.6. The fourth-order valence-corrected chi connectivity index (χ4v) is 12.2. The number of hydrogen-bond donors (Lipinski definition) is 0. The normalized spacial score (nSPS) is 11.4. The molecule has 0 amide bonds. The van der Waals surface area contributed by atoms with Crippen molar-refractivity contribution in [2.45, 2.75) is 0 Å². The van der Waals surface area contributed by atoms with Gasteiger partial charge in [0, 0.05) is 91.5 Å². The second-order valence-corrected chi connectivity index (χ2v) is 19.9. The molecule has 0 saturated heterocycles. The first-order valence-corrected chi connectivity index (χ1v) is 25.6. The second kappa shape index (κ2) is 18.3. The minimum Gasteiger partial charge on any atom is -0.310 e. The highest BCUT2D eigenvalue weighted by Crippen LogP contribution is 2.46. The van der Waals surface area contributed by atoms with Gasteiger partial charge in [-0.1, -0.05) is 152 Å². The van der Waals surface area contributed by atoms with Gasteiger partial charge in [0.25, 0.3) is 0 Å². The summed E-state index contributed by atoms with van der Waals surface area (Å²) in [6, 6.07) is 98.9. The van der Waals surface area contributed by atoms with Gasteiger partial charge in [0.15, 0.2) is 0 Å². The van der Waals surface area contributed by atoms with Gasteiger partial charge < -0.3 is 14.7 Å². The van der Waals surface area contributed by atoms with Crippen molar-refractivity contribution in [1.29, 1.82) is 0 Å². The van der Waals surface area contributed by atoms with Gasteiger partial charge in [0.2, 0.25) is 0 Å². The van der Waals surface area contributed by atoms with Crippen LogP contribution in [0.5, 0.6) is 0 Å². The van der Waals surface area contributed by atoms with Crippen LogP contribution in [0.15, 0.2) is 273 Å². The van der Waals surface area contributed by atoms with E-state index in [9.17, 15) is 0 Å². The molecule has 0 aliphatic heterocycles. The van der Waals surface area contributed by atoms with Crippen molar-refractivity contribution in [2.75, 3.05) is 14.7 Å². The van der Waals surface area contributed by atoms with Gasteiger partial charge in [-0.2, -0.15) is 0 Å². The molecular formula is C66H45N3S2. The van der Waals surface area contributed by atoms with Crippen molar-refractivity contribution in [3.05, 3.63) is 273 Å². The first-order chi connectivity index (χ1) is 35.2. The summed E-state index contributed by atoms with van der Waals surface area (Å²) >= 11 is 3.71. The largest absolute Gasteiger partial charge is 0.310 e. The van der Waals surface area contributed by atoms with Crippen LogP contribution in [0.25, 0.3) is 62.6 Å². The first-order valence-electron chi connectivity index (χ1n) is 24.0. The molecule has 11 aromatic carbocycles. The van der Waals surface area contributed by atoms with Crippen LogP contribution in [0.4, 0.5) is 51.2 Å². The minimum absolute atomic E-state index is 1.10. The molecule has 336 valence electrons. The van der Waals surface area contributed by atoms with Crippen LogP contribution in [0.2, 0.25) is 0 Å². The number of thiophene rings is 2. The molecule has 0 fully saturated rings. The van der Waals surface area contributed by atoms with Gasteiger partial charge in [-0.25, -0.2) is 0 Å². The van der Waals surface area contributed by atoms with Gasteiger partial charge in [0.05, 0.1) is 0 Å². The lowest BCUT2D eigenvalue weighted by Crippen LogP contribution is -2.09. The highest BCUT2D eigenvalue weighted by Gasteiger charge is 2.20. The Morgan fingerprint density at radius 2 is 0.451 bits per heavy atom. The highest BCUT2D eigenvalue weighted by atomic mass is 32.1. The first kappa shape index (κ1) is 42.4. The Morgan fingerprint density at radius 3 is 0.817 bits per heavy atom. The Hall–Kier alpha value is -8.74. The molecule has 2 aromatic heterocycles. The number of para-hydroxylation sites is 3. The molecule has 0 aliphatic rings. The molecule has 13 aromatic rings. The van der Waals surface area contributed by atoms with Crippen molar-refractivity contribution in [3.8, 4) is 22.3 Å². The van der Waals surface area contributed by atoms with Crippen LogP contribution in [0.3, 0.4) is 0 Å². The van der Waals surface area contributed by atoms with Gasteiger partial charge >= 0.3 is 0 Å². The monoisotopic (exact) mass is 943 g/mol. The van der Waals surface area contributed by atoms with Gasteiger partial charge in [-0.05, 0) is 144 Å². The lowest BCUT2D eigenvalue weighted by Gasteiger charge is -2.26. The molecule has 0 unspecified atom stereocenters. The number of hydrogen-bond acceptors (Lipinski definition) is 5. The summed E-state index contributed by atoms with van der Waals surface area (Å²) in [5.41, 5.74) is 14.9. The number of anilines is 9. The Morgan fingerprint density at radius 1 is 0.183 bits per heavy atom. The van der Waals surface area contributed by atoms with Crippen LogP contribution in [-0.2, 0) is 0 Å². The summed E-state index contributed by atoms with van der Waals surface area (Å²) in [5, 5.41) is 5.01. The topological polar surface area (TPSA) is 9.72 Å². The SMILES string of the molecule is c1ccc(-c2ccc(N(c3ccc4c(c3)sc3ccc(N(c5ccccc5)c5ccccc5)cc34)c3ccc4c(c3)sc3ccc(N(c5ccccc5)c5ccc(-c6ccccc6)cc5)cc34)cc2)cc1. The summed E-state index contributed by atoms with van der Waals surface area (Å²) in [6.07, 6.45) is 0. The van der Waals surface area contributed by atoms with E-state index in [1.54, 1.807) is 0 Å². The van der Waals surface area contributed by atoms with Crippen LogP contribution in [-0.4, -0.2) is 0 Å². The van der Waals surface area contributed by atoms with Crippen molar-refractivity contribution in [2.24, 2.45) is 0 Å². The lowest BCUT2D eigenvalue weighted by molar-refractivity contribution is 1.29. The zero-order chi connectivity index (χ0) is 47.1. The van der Waals surface area contributed by atoms with Crippen molar-refractivity contribution in [1.82, 2.24) is 0 Å². The molecule has 0 saturated carbocycles. The third-order valence-corrected chi connectivity index (χ3v) is 15.7.